The van der Waals surface area contributed by atoms with Crippen LogP contribution in [0.5, 0.6) is 0 Å². The van der Waals surface area contributed by atoms with Gasteiger partial charge in [0.1, 0.15) is 0 Å². The Morgan fingerprint density at radius 1 is 0.500 bits per heavy atom. The minimum Gasteiger partial charge on any atom is -0.394 e. The van der Waals surface area contributed by atoms with Gasteiger partial charge >= 0.3 is 0 Å². The summed E-state index contributed by atoms with van der Waals surface area (Å²) in [5, 5.41) is 15.2. The van der Waals surface area contributed by atoms with Gasteiger partial charge in [0.15, 0.2) is 0 Å². The highest BCUT2D eigenvalue weighted by molar-refractivity contribution is 4.43. The van der Waals surface area contributed by atoms with E-state index < -0.39 is 0 Å². The lowest BCUT2D eigenvalue weighted by Crippen LogP contribution is -1.95. The lowest BCUT2D eigenvalue weighted by molar-refractivity contribution is 0.130. The molecule has 0 aliphatic rings. The highest BCUT2D eigenvalue weighted by Crippen LogP contribution is 2.04. The molecule has 0 bridgehead atoms. The first-order chi connectivity index (χ1) is 12.8. The van der Waals surface area contributed by atoms with Crippen LogP contribution < -0.4 is 0 Å². The van der Waals surface area contributed by atoms with Crippen molar-refractivity contribution in [3.05, 3.63) is 65.8 Å². The first-order valence-electron chi connectivity index (χ1n) is 9.12. The summed E-state index contributed by atoms with van der Waals surface area (Å²) in [6, 6.07) is 0. The Bertz CT molecular complexity index is 129. The number of hydrogen-bond acceptors (Lipinski definition) is 3. The summed E-state index contributed by atoms with van der Waals surface area (Å²) in [5.74, 6) is 0. The molecule has 160 valence electrons. The molecule has 0 heterocycles. The van der Waals surface area contributed by atoms with E-state index in [0.29, 0.717) is 0 Å². The molecular weight excluding hydrogens is 324 g/mol. The quantitative estimate of drug-likeness (QED) is 0.328. The lowest BCUT2D eigenvalue weighted by atomic mass is 10.1. The zero-order valence-corrected chi connectivity index (χ0v) is 18.2. The molecule has 0 fully saturated rings. The maximum atomic E-state index is 7.62. The first-order valence-corrected chi connectivity index (χ1v) is 9.12. The van der Waals surface area contributed by atoms with E-state index in [4.69, 9.17) is 14.9 Å². The second kappa shape index (κ2) is 107. The fourth-order valence-electron chi connectivity index (χ4n) is 1.23. The number of aliphatic hydroxyl groups is 2. The van der Waals surface area contributed by atoms with Crippen molar-refractivity contribution in [2.45, 2.75) is 58.8 Å². The molecule has 0 aromatic carbocycles. The van der Waals surface area contributed by atoms with Crippen molar-refractivity contribution in [1.82, 2.24) is 0 Å². The summed E-state index contributed by atoms with van der Waals surface area (Å²) in [7, 11) is 0. The Labute approximate surface area is 166 Å². The monoisotopic (exact) mass is 374 g/mol. The van der Waals surface area contributed by atoms with E-state index in [9.17, 15) is 0 Å². The topological polar surface area (TPSA) is 49.7 Å². The zero-order chi connectivity index (χ0) is 22.5. The molecule has 0 amide bonds. The Balaban J connectivity index is -0.0000000430. The van der Waals surface area contributed by atoms with Gasteiger partial charge < -0.3 is 14.9 Å². The van der Waals surface area contributed by atoms with Crippen LogP contribution in [0.15, 0.2) is 65.8 Å². The molecule has 26 heavy (non-hydrogen) atoms. The van der Waals surface area contributed by atoms with Crippen molar-refractivity contribution in [3.8, 4) is 0 Å². The van der Waals surface area contributed by atoms with Crippen LogP contribution in [0.3, 0.4) is 0 Å². The number of rotatable bonds is 10. The largest absolute Gasteiger partial charge is 0.394 e. The molecule has 2 N–H and O–H groups in total. The van der Waals surface area contributed by atoms with Crippen LogP contribution in [0.4, 0.5) is 0 Å². The van der Waals surface area contributed by atoms with Gasteiger partial charge in [0.2, 0.25) is 0 Å². The molecule has 0 saturated carbocycles. The standard InChI is InChI=1S/C11H24O.C2H6O2.5C2H4/c1-3-5-6-7-8-9-11-12-10-4-2;3-1-2-4;5*1-2/h3-11H2,1-2H3;3-4H,1-2H2;5*1-2H2. The van der Waals surface area contributed by atoms with Crippen molar-refractivity contribution in [2.75, 3.05) is 26.4 Å². The van der Waals surface area contributed by atoms with Crippen LogP contribution in [0, 0.1) is 0 Å². The van der Waals surface area contributed by atoms with Crippen molar-refractivity contribution in [2.24, 2.45) is 0 Å². The smallest absolute Gasteiger partial charge is 0.0662 e. The van der Waals surface area contributed by atoms with Gasteiger partial charge in [-0.3, -0.25) is 0 Å². The van der Waals surface area contributed by atoms with E-state index >= 15 is 0 Å². The molecule has 0 aliphatic carbocycles. The van der Waals surface area contributed by atoms with Crippen LogP contribution in [-0.2, 0) is 4.74 Å². The van der Waals surface area contributed by atoms with Gasteiger partial charge in [-0.1, -0.05) is 46.0 Å². The third kappa shape index (κ3) is 143. The molecule has 0 aliphatic heterocycles. The minimum atomic E-state index is -0.125. The van der Waals surface area contributed by atoms with Crippen LogP contribution in [-0.4, -0.2) is 36.6 Å². The highest BCUT2D eigenvalue weighted by atomic mass is 16.5. The molecule has 0 rings (SSSR count). The SMILES string of the molecule is C=C.C=C.C=C.C=C.C=C.CCCCCCCCOCCC.OCCO. The predicted octanol–water partition coefficient (Wildman–Crippen LogP) is 6.76. The molecule has 3 heteroatoms. The van der Waals surface area contributed by atoms with Crippen LogP contribution in [0.25, 0.3) is 0 Å². The number of hydrogen-bond donors (Lipinski definition) is 2. The summed E-state index contributed by atoms with van der Waals surface area (Å²) in [5.41, 5.74) is 0. The molecule has 0 aromatic heterocycles. The van der Waals surface area contributed by atoms with Gasteiger partial charge in [0.05, 0.1) is 13.2 Å². The Kier molecular flexibility index (Phi) is 183. The highest BCUT2D eigenvalue weighted by Gasteiger charge is 1.89. The normalized spacial score (nSPS) is 6.77. The minimum absolute atomic E-state index is 0.125. The molecule has 3 nitrogen and oxygen atoms in total. The van der Waals surface area contributed by atoms with Crippen LogP contribution in [0.2, 0.25) is 0 Å². The molecule has 0 aromatic rings. The summed E-state index contributed by atoms with van der Waals surface area (Å²) >= 11 is 0. The first kappa shape index (κ1) is 44.2. The molecule has 0 unspecified atom stereocenters. The average molecular weight is 375 g/mol. The molecule has 0 saturated heterocycles. The third-order valence-electron chi connectivity index (χ3n) is 2.09. The van der Waals surface area contributed by atoms with E-state index in [1.807, 2.05) is 0 Å². The average Bonchev–Trinajstić information content (AvgIpc) is 2.77. The van der Waals surface area contributed by atoms with E-state index in [1.165, 1.54) is 38.5 Å². The van der Waals surface area contributed by atoms with Crippen molar-refractivity contribution < 1.29 is 14.9 Å². The summed E-state index contributed by atoms with van der Waals surface area (Å²) < 4.78 is 5.39. The van der Waals surface area contributed by atoms with Crippen molar-refractivity contribution in [1.29, 1.82) is 0 Å². The Hall–Kier alpha value is -1.42. The number of ether oxygens (including phenoxy) is 1. The van der Waals surface area contributed by atoms with Gasteiger partial charge in [0, 0.05) is 13.2 Å². The van der Waals surface area contributed by atoms with Gasteiger partial charge in [-0.25, -0.2) is 0 Å². The van der Waals surface area contributed by atoms with Gasteiger partial charge in [0.25, 0.3) is 0 Å². The van der Waals surface area contributed by atoms with Gasteiger partial charge in [-0.15, -0.1) is 65.8 Å². The Morgan fingerprint density at radius 2 is 0.846 bits per heavy atom. The second-order valence-electron chi connectivity index (χ2n) is 3.83. The molecule has 0 atom stereocenters. The van der Waals surface area contributed by atoms with Gasteiger partial charge in [-0.2, -0.15) is 0 Å². The van der Waals surface area contributed by atoms with Crippen LogP contribution in [0.1, 0.15) is 58.8 Å². The molecule has 0 radical (unpaired) electrons. The van der Waals surface area contributed by atoms with Crippen LogP contribution >= 0.6 is 0 Å². The van der Waals surface area contributed by atoms with E-state index in [2.05, 4.69) is 79.6 Å². The summed E-state index contributed by atoms with van der Waals surface area (Å²) in [6.07, 6.45) is 9.29. The van der Waals surface area contributed by atoms with Gasteiger partial charge in [-0.05, 0) is 12.8 Å². The fourth-order valence-corrected chi connectivity index (χ4v) is 1.23. The van der Waals surface area contributed by atoms with E-state index in [-0.39, 0.29) is 13.2 Å². The van der Waals surface area contributed by atoms with Crippen molar-refractivity contribution in [3.63, 3.8) is 0 Å². The van der Waals surface area contributed by atoms with Crippen molar-refractivity contribution >= 4 is 0 Å². The number of unbranched alkanes of at least 4 members (excludes halogenated alkanes) is 5. The maximum absolute atomic E-state index is 7.62. The number of aliphatic hydroxyl groups excluding tert-OH is 2. The third-order valence-corrected chi connectivity index (χ3v) is 2.09. The summed E-state index contributed by atoms with van der Waals surface area (Å²) in [6.45, 7) is 36.1. The second-order valence-corrected chi connectivity index (χ2v) is 3.83. The molecular formula is C23H50O3. The summed E-state index contributed by atoms with van der Waals surface area (Å²) in [4.78, 5) is 0. The van der Waals surface area contributed by atoms with E-state index in [0.717, 1.165) is 19.6 Å². The predicted molar refractivity (Wildman–Crippen MR) is 125 cm³/mol. The zero-order valence-electron chi connectivity index (χ0n) is 18.2. The Morgan fingerprint density at radius 3 is 1.15 bits per heavy atom. The fraction of sp³-hybridized carbons (Fsp3) is 0.565. The van der Waals surface area contributed by atoms with E-state index in [1.54, 1.807) is 0 Å². The maximum Gasteiger partial charge on any atom is 0.0662 e. The lowest BCUT2D eigenvalue weighted by Gasteiger charge is -2.01. The molecule has 0 spiro atoms.